The highest BCUT2D eigenvalue weighted by molar-refractivity contribution is 5.73. The number of nitrogens with one attached hydrogen (secondary N) is 1. The molecule has 1 aromatic heterocycles. The summed E-state index contributed by atoms with van der Waals surface area (Å²) in [5, 5.41) is 3.65. The second kappa shape index (κ2) is 5.78. The number of hydrogen-bond acceptors (Lipinski definition) is 3. The van der Waals surface area contributed by atoms with Crippen LogP contribution in [0.5, 0.6) is 0 Å². The van der Waals surface area contributed by atoms with Gasteiger partial charge >= 0.3 is 0 Å². The second-order valence-electron chi connectivity index (χ2n) is 5.54. The molecule has 1 saturated heterocycles. The molecule has 4 nitrogen and oxygen atoms in total. The number of carbonyl (C=O) groups excluding carboxylic acids is 1. The van der Waals surface area contributed by atoms with E-state index in [0.717, 1.165) is 37.5 Å². The zero-order valence-electron chi connectivity index (χ0n) is 12.3. The van der Waals surface area contributed by atoms with Crippen LogP contribution in [0, 0.1) is 13.8 Å². The first kappa shape index (κ1) is 14.1. The van der Waals surface area contributed by atoms with E-state index in [0.29, 0.717) is 12.1 Å². The van der Waals surface area contributed by atoms with E-state index in [2.05, 4.69) is 18.3 Å². The average Bonchev–Trinajstić information content (AvgIpc) is 2.69. The van der Waals surface area contributed by atoms with E-state index in [1.165, 1.54) is 5.56 Å². The van der Waals surface area contributed by atoms with Crippen LogP contribution in [0.4, 0.5) is 0 Å². The normalized spacial score (nSPS) is 18.6. The average molecular weight is 264 g/mol. The van der Waals surface area contributed by atoms with E-state index >= 15 is 0 Å². The fourth-order valence-electron chi connectivity index (χ4n) is 2.88. The van der Waals surface area contributed by atoms with Gasteiger partial charge < -0.3 is 14.6 Å². The largest absolute Gasteiger partial charge is 0.466 e. The third-order valence-corrected chi connectivity index (χ3v) is 3.97. The molecule has 1 amide bonds. The van der Waals surface area contributed by atoms with Crippen molar-refractivity contribution in [3.63, 3.8) is 0 Å². The second-order valence-corrected chi connectivity index (χ2v) is 5.54. The minimum Gasteiger partial charge on any atom is -0.466 e. The molecule has 2 heterocycles. The summed E-state index contributed by atoms with van der Waals surface area (Å²) in [6.45, 7) is 9.54. The van der Waals surface area contributed by atoms with Gasteiger partial charge in [-0.2, -0.15) is 0 Å². The van der Waals surface area contributed by atoms with E-state index in [4.69, 9.17) is 4.42 Å². The van der Waals surface area contributed by atoms with Crippen LogP contribution in [-0.4, -0.2) is 29.9 Å². The summed E-state index contributed by atoms with van der Waals surface area (Å²) in [4.78, 5) is 13.2. The molecule has 1 N–H and O–H groups in total. The van der Waals surface area contributed by atoms with Crippen LogP contribution < -0.4 is 5.32 Å². The fourth-order valence-corrected chi connectivity index (χ4v) is 2.88. The van der Waals surface area contributed by atoms with Gasteiger partial charge in [-0.3, -0.25) is 4.79 Å². The molecule has 0 bridgehead atoms. The summed E-state index contributed by atoms with van der Waals surface area (Å²) in [5.41, 5.74) is 1.24. The molecule has 2 rings (SSSR count). The molecule has 0 aliphatic carbocycles. The smallest absolute Gasteiger partial charge is 0.219 e. The highest BCUT2D eigenvalue weighted by atomic mass is 16.3. The zero-order valence-corrected chi connectivity index (χ0v) is 12.3. The molecular formula is C15H24N2O2. The zero-order chi connectivity index (χ0) is 14.0. The third kappa shape index (κ3) is 3.38. The van der Waals surface area contributed by atoms with Gasteiger partial charge in [0.15, 0.2) is 0 Å². The number of hydrogen-bond donors (Lipinski definition) is 1. The topological polar surface area (TPSA) is 45.5 Å². The van der Waals surface area contributed by atoms with Crippen molar-refractivity contribution in [2.24, 2.45) is 0 Å². The summed E-state index contributed by atoms with van der Waals surface area (Å²) >= 11 is 0. The van der Waals surface area contributed by atoms with E-state index in [1.807, 2.05) is 18.7 Å². The Hall–Kier alpha value is -1.29. The first-order valence-corrected chi connectivity index (χ1v) is 7.06. The predicted octanol–water partition coefficient (Wildman–Crippen LogP) is 2.56. The van der Waals surface area contributed by atoms with Gasteiger partial charge in [0.05, 0.1) is 0 Å². The van der Waals surface area contributed by atoms with Gasteiger partial charge in [-0.1, -0.05) is 0 Å². The highest BCUT2D eigenvalue weighted by Gasteiger charge is 2.23. The number of nitrogens with zero attached hydrogens (tertiary/aromatic N) is 1. The number of carbonyl (C=O) groups is 1. The molecule has 1 aliphatic heterocycles. The molecule has 19 heavy (non-hydrogen) atoms. The van der Waals surface area contributed by atoms with Crippen molar-refractivity contribution in [3.05, 3.63) is 23.2 Å². The molecule has 0 aromatic carbocycles. The van der Waals surface area contributed by atoms with Gasteiger partial charge in [0.2, 0.25) is 5.91 Å². The summed E-state index contributed by atoms with van der Waals surface area (Å²) in [6, 6.07) is 2.89. The van der Waals surface area contributed by atoms with Gasteiger partial charge in [-0.25, -0.2) is 0 Å². The van der Waals surface area contributed by atoms with Crippen LogP contribution in [0.1, 0.15) is 49.8 Å². The Balaban J connectivity index is 1.89. The van der Waals surface area contributed by atoms with E-state index in [1.54, 1.807) is 6.92 Å². The molecule has 1 fully saturated rings. The number of piperidine rings is 1. The lowest BCUT2D eigenvalue weighted by Crippen LogP contribution is -2.44. The molecule has 4 heteroatoms. The van der Waals surface area contributed by atoms with Crippen LogP contribution in [0.3, 0.4) is 0 Å². The van der Waals surface area contributed by atoms with Gasteiger partial charge in [-0.05, 0) is 39.7 Å². The van der Waals surface area contributed by atoms with Crippen molar-refractivity contribution in [2.75, 3.05) is 13.1 Å². The van der Waals surface area contributed by atoms with Crippen molar-refractivity contribution in [2.45, 2.75) is 52.6 Å². The number of furan rings is 1. The highest BCUT2D eigenvalue weighted by Crippen LogP contribution is 2.23. The molecule has 1 aromatic rings. The predicted molar refractivity (Wildman–Crippen MR) is 75.0 cm³/mol. The monoisotopic (exact) mass is 264 g/mol. The fraction of sp³-hybridized carbons (Fsp3) is 0.667. The molecule has 0 saturated carbocycles. The lowest BCUT2D eigenvalue weighted by atomic mass is 10.0. The Morgan fingerprint density at radius 1 is 1.42 bits per heavy atom. The van der Waals surface area contributed by atoms with Crippen molar-refractivity contribution in [1.29, 1.82) is 0 Å². The molecule has 0 unspecified atom stereocenters. The van der Waals surface area contributed by atoms with Crippen molar-refractivity contribution < 1.29 is 9.21 Å². The first-order valence-electron chi connectivity index (χ1n) is 7.06. The van der Waals surface area contributed by atoms with E-state index in [-0.39, 0.29) is 5.91 Å². The number of aryl methyl sites for hydroxylation is 2. The summed E-state index contributed by atoms with van der Waals surface area (Å²) in [6.07, 6.45) is 2.06. The van der Waals surface area contributed by atoms with E-state index < -0.39 is 0 Å². The molecule has 1 atom stereocenters. The van der Waals surface area contributed by atoms with Crippen molar-refractivity contribution in [1.82, 2.24) is 10.2 Å². The Morgan fingerprint density at radius 2 is 2.05 bits per heavy atom. The summed E-state index contributed by atoms with van der Waals surface area (Å²) in [5.74, 6) is 2.15. The van der Waals surface area contributed by atoms with Crippen LogP contribution in [0.15, 0.2) is 10.5 Å². The Morgan fingerprint density at radius 3 is 2.53 bits per heavy atom. The van der Waals surface area contributed by atoms with Crippen LogP contribution >= 0.6 is 0 Å². The third-order valence-electron chi connectivity index (χ3n) is 3.97. The molecule has 0 radical (unpaired) electrons. The molecule has 1 aliphatic rings. The maximum Gasteiger partial charge on any atom is 0.219 e. The molecule has 0 spiro atoms. The maximum atomic E-state index is 11.3. The van der Waals surface area contributed by atoms with Crippen molar-refractivity contribution in [3.8, 4) is 0 Å². The minimum atomic E-state index is 0.188. The van der Waals surface area contributed by atoms with E-state index in [9.17, 15) is 4.79 Å². The van der Waals surface area contributed by atoms with Gasteiger partial charge in [0.1, 0.15) is 11.5 Å². The van der Waals surface area contributed by atoms with Gasteiger partial charge in [0, 0.05) is 37.7 Å². The van der Waals surface area contributed by atoms with Gasteiger partial charge in [0.25, 0.3) is 0 Å². The quantitative estimate of drug-likeness (QED) is 0.912. The van der Waals surface area contributed by atoms with Gasteiger partial charge in [-0.15, -0.1) is 0 Å². The molecular weight excluding hydrogens is 240 g/mol. The van der Waals surface area contributed by atoms with Crippen LogP contribution in [0.2, 0.25) is 0 Å². The SMILES string of the molecule is CC(=O)N1CCC(N[C@@H](C)c2cc(C)oc2C)CC1. The lowest BCUT2D eigenvalue weighted by Gasteiger charge is -2.33. The number of likely N-dealkylation sites (tertiary alicyclic amines) is 1. The van der Waals surface area contributed by atoms with Crippen LogP contribution in [0.25, 0.3) is 0 Å². The Kier molecular flexibility index (Phi) is 4.30. The minimum absolute atomic E-state index is 0.188. The molecule has 106 valence electrons. The van der Waals surface area contributed by atoms with Crippen molar-refractivity contribution >= 4 is 5.91 Å². The van der Waals surface area contributed by atoms with Crippen LogP contribution in [-0.2, 0) is 4.79 Å². The number of rotatable bonds is 3. The lowest BCUT2D eigenvalue weighted by molar-refractivity contribution is -0.129. The number of amides is 1. The summed E-state index contributed by atoms with van der Waals surface area (Å²) < 4.78 is 5.58. The standard InChI is InChI=1S/C15H24N2O2/c1-10-9-15(12(3)19-10)11(2)16-14-5-7-17(8-6-14)13(4)18/h9,11,14,16H,5-8H2,1-4H3/t11-/m0/s1. The Bertz CT molecular complexity index is 445. The maximum absolute atomic E-state index is 11.3. The Labute approximate surface area is 115 Å². The summed E-state index contributed by atoms with van der Waals surface area (Å²) in [7, 11) is 0. The first-order chi connectivity index (χ1) is 8.97.